The first kappa shape index (κ1) is 22.8. The molecule has 158 valence electrons. The molecule has 0 fully saturated rings. The highest BCUT2D eigenvalue weighted by atomic mass is 16.6. The zero-order chi connectivity index (χ0) is 22.1. The van der Waals surface area contributed by atoms with Crippen LogP contribution in [0.4, 0.5) is 5.69 Å². The van der Waals surface area contributed by atoms with Crippen LogP contribution in [0.1, 0.15) is 24.5 Å². The van der Waals surface area contributed by atoms with E-state index < -0.39 is 24.6 Å². The predicted molar refractivity (Wildman–Crippen MR) is 113 cm³/mol. The number of carbonyl (C=O) groups is 2. The van der Waals surface area contributed by atoms with Gasteiger partial charge >= 0.3 is 5.97 Å². The van der Waals surface area contributed by atoms with Gasteiger partial charge < -0.3 is 19.1 Å². The molecule has 7 heteroatoms. The van der Waals surface area contributed by atoms with Crippen LogP contribution < -0.4 is 14.4 Å². The standard InChI is InChI=1S/C23H26N2O5/c1-16-12-17(2)14-19(13-16)25(11-5-10-24)22(26)15-29-23(27)18(3)30-21-8-6-20(28-4)7-9-21/h6-9,12-14,18H,5,11,15H2,1-4H3. The van der Waals surface area contributed by atoms with Gasteiger partial charge in [0.25, 0.3) is 5.91 Å². The third-order valence-corrected chi connectivity index (χ3v) is 4.31. The third-order valence-electron chi connectivity index (χ3n) is 4.31. The van der Waals surface area contributed by atoms with E-state index in [0.717, 1.165) is 11.1 Å². The average Bonchev–Trinajstić information content (AvgIpc) is 2.72. The van der Waals surface area contributed by atoms with Crippen LogP contribution in [0.5, 0.6) is 11.5 Å². The van der Waals surface area contributed by atoms with Crippen LogP contribution in [0.3, 0.4) is 0 Å². The fourth-order valence-corrected chi connectivity index (χ4v) is 2.90. The molecule has 2 rings (SSSR count). The van der Waals surface area contributed by atoms with Gasteiger partial charge in [-0.3, -0.25) is 4.79 Å². The topological polar surface area (TPSA) is 88.9 Å². The van der Waals surface area contributed by atoms with Crippen molar-refractivity contribution in [3.05, 3.63) is 53.6 Å². The lowest BCUT2D eigenvalue weighted by Crippen LogP contribution is -2.37. The molecule has 0 radical (unpaired) electrons. The number of nitriles is 1. The zero-order valence-corrected chi connectivity index (χ0v) is 17.7. The molecule has 7 nitrogen and oxygen atoms in total. The Kier molecular flexibility index (Phi) is 8.24. The second-order valence-corrected chi connectivity index (χ2v) is 6.84. The minimum absolute atomic E-state index is 0.170. The molecule has 0 bridgehead atoms. The van der Waals surface area contributed by atoms with Gasteiger partial charge in [0, 0.05) is 12.2 Å². The van der Waals surface area contributed by atoms with E-state index >= 15 is 0 Å². The van der Waals surface area contributed by atoms with E-state index in [1.165, 1.54) is 4.90 Å². The van der Waals surface area contributed by atoms with Crippen LogP contribution in [0.15, 0.2) is 42.5 Å². The van der Waals surface area contributed by atoms with Gasteiger partial charge in [0.1, 0.15) is 11.5 Å². The summed E-state index contributed by atoms with van der Waals surface area (Å²) in [6.07, 6.45) is -0.719. The molecule has 0 aliphatic rings. The SMILES string of the molecule is COc1ccc(OC(C)C(=O)OCC(=O)N(CCC#N)c2cc(C)cc(C)c2)cc1. The van der Waals surface area contributed by atoms with Gasteiger partial charge in [0.15, 0.2) is 12.7 Å². The lowest BCUT2D eigenvalue weighted by atomic mass is 10.1. The minimum atomic E-state index is -0.889. The summed E-state index contributed by atoms with van der Waals surface area (Å²) >= 11 is 0. The third kappa shape index (κ3) is 6.52. The maximum atomic E-state index is 12.7. The molecule has 0 aromatic heterocycles. The number of methoxy groups -OCH3 is 1. The molecule has 0 aliphatic heterocycles. The Labute approximate surface area is 176 Å². The maximum Gasteiger partial charge on any atom is 0.347 e. The van der Waals surface area contributed by atoms with Crippen molar-refractivity contribution in [2.75, 3.05) is 25.2 Å². The van der Waals surface area contributed by atoms with E-state index in [1.807, 2.05) is 38.1 Å². The Hall–Kier alpha value is -3.53. The first-order valence-corrected chi connectivity index (χ1v) is 9.57. The molecule has 1 atom stereocenters. The molecule has 2 aromatic carbocycles. The predicted octanol–water partition coefficient (Wildman–Crippen LogP) is 3.57. The molecule has 1 unspecified atom stereocenters. The Morgan fingerprint density at radius 1 is 1.07 bits per heavy atom. The zero-order valence-electron chi connectivity index (χ0n) is 17.7. The van der Waals surface area contributed by atoms with E-state index in [-0.39, 0.29) is 13.0 Å². The van der Waals surface area contributed by atoms with Crippen LogP contribution in [0, 0.1) is 25.2 Å². The monoisotopic (exact) mass is 410 g/mol. The van der Waals surface area contributed by atoms with Crippen molar-refractivity contribution in [3.8, 4) is 17.6 Å². The van der Waals surface area contributed by atoms with Gasteiger partial charge in [0.2, 0.25) is 0 Å². The molecular formula is C23H26N2O5. The molecule has 0 saturated carbocycles. The Bertz CT molecular complexity index is 898. The number of carbonyl (C=O) groups excluding carboxylic acids is 2. The number of rotatable bonds is 9. The number of ether oxygens (including phenoxy) is 3. The van der Waals surface area contributed by atoms with Gasteiger partial charge in [-0.15, -0.1) is 0 Å². The number of amides is 1. The average molecular weight is 410 g/mol. The van der Waals surface area contributed by atoms with Crippen LogP contribution >= 0.6 is 0 Å². The lowest BCUT2D eigenvalue weighted by molar-refractivity contribution is -0.154. The summed E-state index contributed by atoms with van der Waals surface area (Å²) in [6, 6.07) is 14.5. The molecule has 2 aromatic rings. The van der Waals surface area contributed by atoms with Crippen LogP contribution in [0.25, 0.3) is 0 Å². The van der Waals surface area contributed by atoms with Crippen molar-refractivity contribution in [2.24, 2.45) is 0 Å². The number of benzene rings is 2. The molecule has 0 heterocycles. The second-order valence-electron chi connectivity index (χ2n) is 6.84. The highest BCUT2D eigenvalue weighted by Gasteiger charge is 2.21. The Balaban J connectivity index is 1.98. The van der Waals surface area contributed by atoms with Gasteiger partial charge in [-0.25, -0.2) is 4.79 Å². The quantitative estimate of drug-likeness (QED) is 0.587. The molecular weight excluding hydrogens is 384 g/mol. The number of hydrogen-bond donors (Lipinski definition) is 0. The molecule has 0 aliphatic carbocycles. The lowest BCUT2D eigenvalue weighted by Gasteiger charge is -2.23. The summed E-state index contributed by atoms with van der Waals surface area (Å²) in [5.74, 6) is 0.101. The fourth-order valence-electron chi connectivity index (χ4n) is 2.90. The van der Waals surface area contributed by atoms with Crippen molar-refractivity contribution >= 4 is 17.6 Å². The van der Waals surface area contributed by atoms with Crippen LogP contribution in [0.2, 0.25) is 0 Å². The van der Waals surface area contributed by atoms with Crippen molar-refractivity contribution in [1.82, 2.24) is 0 Å². The molecule has 30 heavy (non-hydrogen) atoms. The summed E-state index contributed by atoms with van der Waals surface area (Å²) in [7, 11) is 1.56. The van der Waals surface area contributed by atoms with Crippen molar-refractivity contribution in [3.63, 3.8) is 0 Å². The van der Waals surface area contributed by atoms with E-state index in [2.05, 4.69) is 0 Å². The number of nitrogens with zero attached hydrogens (tertiary/aromatic N) is 2. The Morgan fingerprint density at radius 3 is 2.23 bits per heavy atom. The molecule has 0 N–H and O–H groups in total. The van der Waals surface area contributed by atoms with Gasteiger partial charge in [-0.05, 0) is 68.3 Å². The largest absolute Gasteiger partial charge is 0.497 e. The van der Waals surface area contributed by atoms with E-state index in [9.17, 15) is 9.59 Å². The van der Waals surface area contributed by atoms with Crippen molar-refractivity contribution in [1.29, 1.82) is 5.26 Å². The van der Waals surface area contributed by atoms with Crippen molar-refractivity contribution in [2.45, 2.75) is 33.3 Å². The second kappa shape index (κ2) is 10.9. The van der Waals surface area contributed by atoms with E-state index in [4.69, 9.17) is 19.5 Å². The van der Waals surface area contributed by atoms with E-state index in [1.54, 1.807) is 38.3 Å². The minimum Gasteiger partial charge on any atom is -0.497 e. The molecule has 0 spiro atoms. The summed E-state index contributed by atoms with van der Waals surface area (Å²) in [5.41, 5.74) is 2.67. The van der Waals surface area contributed by atoms with Gasteiger partial charge in [-0.1, -0.05) is 6.07 Å². The normalized spacial score (nSPS) is 11.2. The first-order valence-electron chi connectivity index (χ1n) is 9.57. The Morgan fingerprint density at radius 2 is 1.67 bits per heavy atom. The number of hydrogen-bond acceptors (Lipinski definition) is 6. The van der Waals surface area contributed by atoms with Crippen molar-refractivity contribution < 1.29 is 23.8 Å². The van der Waals surface area contributed by atoms with Gasteiger partial charge in [0.05, 0.1) is 19.6 Å². The van der Waals surface area contributed by atoms with E-state index in [0.29, 0.717) is 17.2 Å². The fraction of sp³-hybridized carbons (Fsp3) is 0.348. The highest BCUT2D eigenvalue weighted by Crippen LogP contribution is 2.20. The number of esters is 1. The molecule has 0 saturated heterocycles. The molecule has 1 amide bonds. The number of anilines is 1. The highest BCUT2D eigenvalue weighted by molar-refractivity contribution is 5.95. The van der Waals surface area contributed by atoms with Crippen LogP contribution in [-0.2, 0) is 14.3 Å². The smallest absolute Gasteiger partial charge is 0.347 e. The summed E-state index contributed by atoms with van der Waals surface area (Å²) in [6.45, 7) is 5.19. The maximum absolute atomic E-state index is 12.7. The summed E-state index contributed by atoms with van der Waals surface area (Å²) in [5, 5.41) is 8.92. The first-order chi connectivity index (χ1) is 14.3. The summed E-state index contributed by atoms with van der Waals surface area (Å²) < 4.78 is 15.8. The van der Waals surface area contributed by atoms with Crippen LogP contribution in [-0.4, -0.2) is 38.2 Å². The number of aryl methyl sites for hydroxylation is 2. The van der Waals surface area contributed by atoms with Gasteiger partial charge in [-0.2, -0.15) is 5.26 Å². The summed E-state index contributed by atoms with van der Waals surface area (Å²) in [4.78, 5) is 26.4.